The first-order valence-corrected chi connectivity index (χ1v) is 8.34. The molecule has 1 aromatic heterocycles. The van der Waals surface area contributed by atoms with Crippen LogP contribution in [-0.4, -0.2) is 15.9 Å². The van der Waals surface area contributed by atoms with E-state index in [1.807, 2.05) is 42.6 Å². The van der Waals surface area contributed by atoms with Crippen molar-refractivity contribution in [2.75, 3.05) is 5.32 Å². The lowest BCUT2D eigenvalue weighted by atomic mass is 10.1. The van der Waals surface area contributed by atoms with E-state index in [0.717, 1.165) is 17.8 Å². The zero-order valence-electron chi connectivity index (χ0n) is 13.8. The van der Waals surface area contributed by atoms with E-state index in [1.54, 1.807) is 0 Å². The fourth-order valence-electron chi connectivity index (χ4n) is 2.86. The van der Waals surface area contributed by atoms with Gasteiger partial charge in [-0.25, -0.2) is 0 Å². The van der Waals surface area contributed by atoms with Crippen LogP contribution >= 0.6 is 12.2 Å². The summed E-state index contributed by atoms with van der Waals surface area (Å²) in [5, 5.41) is 9.07. The van der Waals surface area contributed by atoms with Crippen molar-refractivity contribution in [2.45, 2.75) is 20.4 Å². The molecular formula is C19H20N4S. The van der Waals surface area contributed by atoms with E-state index >= 15 is 0 Å². The quantitative estimate of drug-likeness (QED) is 0.424. The molecule has 1 heterocycles. The van der Waals surface area contributed by atoms with E-state index < -0.39 is 0 Å². The maximum absolute atomic E-state index is 5.27. The number of hydrogen-bond acceptors (Lipinski definition) is 2. The highest BCUT2D eigenvalue weighted by atomic mass is 32.1. The molecule has 122 valence electrons. The number of nitrogens with zero attached hydrogens (tertiary/aromatic N) is 2. The number of rotatable bonds is 4. The summed E-state index contributed by atoms with van der Waals surface area (Å²) in [5.41, 5.74) is 7.35. The second-order valence-electron chi connectivity index (χ2n) is 5.45. The molecule has 2 N–H and O–H groups in total. The Hall–Kier alpha value is -2.66. The number of aryl methyl sites for hydroxylation is 1. The van der Waals surface area contributed by atoms with Crippen molar-refractivity contribution in [1.82, 2.24) is 9.99 Å². The summed E-state index contributed by atoms with van der Waals surface area (Å²) in [6, 6.07) is 18.2. The van der Waals surface area contributed by atoms with Crippen molar-refractivity contribution in [3.05, 3.63) is 65.9 Å². The molecule has 0 aliphatic carbocycles. The fraction of sp³-hybridized carbons (Fsp3) is 0.158. The zero-order chi connectivity index (χ0) is 16.9. The van der Waals surface area contributed by atoms with Gasteiger partial charge >= 0.3 is 0 Å². The van der Waals surface area contributed by atoms with Gasteiger partial charge in [0.15, 0.2) is 5.11 Å². The van der Waals surface area contributed by atoms with Gasteiger partial charge < -0.3 is 9.88 Å². The van der Waals surface area contributed by atoms with Crippen LogP contribution in [-0.2, 0) is 6.54 Å². The molecule has 2 aromatic carbocycles. The van der Waals surface area contributed by atoms with Crippen molar-refractivity contribution in [1.29, 1.82) is 0 Å². The first-order chi connectivity index (χ1) is 11.7. The van der Waals surface area contributed by atoms with Gasteiger partial charge in [0.2, 0.25) is 0 Å². The molecule has 0 amide bonds. The summed E-state index contributed by atoms with van der Waals surface area (Å²) in [4.78, 5) is 0. The summed E-state index contributed by atoms with van der Waals surface area (Å²) in [5.74, 6) is 0. The van der Waals surface area contributed by atoms with Crippen LogP contribution in [0.3, 0.4) is 0 Å². The Morgan fingerprint density at radius 2 is 1.83 bits per heavy atom. The second kappa shape index (κ2) is 7.27. The van der Waals surface area contributed by atoms with Crippen LogP contribution in [0.1, 0.15) is 18.2 Å². The lowest BCUT2D eigenvalue weighted by Crippen LogP contribution is -2.23. The van der Waals surface area contributed by atoms with Crippen LogP contribution in [0.4, 0.5) is 5.69 Å². The minimum Gasteiger partial charge on any atom is -0.344 e. The van der Waals surface area contributed by atoms with Crippen molar-refractivity contribution >= 4 is 40.1 Å². The minimum atomic E-state index is 0.467. The highest BCUT2D eigenvalue weighted by molar-refractivity contribution is 7.80. The van der Waals surface area contributed by atoms with Crippen molar-refractivity contribution in [3.8, 4) is 0 Å². The van der Waals surface area contributed by atoms with Crippen molar-refractivity contribution in [3.63, 3.8) is 0 Å². The molecule has 0 aliphatic rings. The van der Waals surface area contributed by atoms with Gasteiger partial charge in [0, 0.05) is 34.4 Å². The second-order valence-corrected chi connectivity index (χ2v) is 5.86. The van der Waals surface area contributed by atoms with E-state index in [-0.39, 0.29) is 0 Å². The Morgan fingerprint density at radius 3 is 2.58 bits per heavy atom. The number of aromatic nitrogens is 1. The summed E-state index contributed by atoms with van der Waals surface area (Å²) >= 11 is 5.27. The molecule has 0 radical (unpaired) electrons. The standard InChI is InChI=1S/C19H20N4S/c1-3-23-14(2)17(16-11-7-8-12-18(16)23)13-20-22-19(24)21-15-9-5-4-6-10-15/h4-13H,3H2,1-2H3,(H2,21,22,24)/b20-13+. The number of nitrogens with one attached hydrogen (secondary N) is 2. The Morgan fingerprint density at radius 1 is 1.12 bits per heavy atom. The fourth-order valence-corrected chi connectivity index (χ4v) is 3.03. The Balaban J connectivity index is 1.76. The van der Waals surface area contributed by atoms with E-state index in [4.69, 9.17) is 12.2 Å². The monoisotopic (exact) mass is 336 g/mol. The van der Waals surface area contributed by atoms with Crippen LogP contribution in [0.25, 0.3) is 10.9 Å². The number of thiocarbonyl (C=S) groups is 1. The van der Waals surface area contributed by atoms with E-state index in [9.17, 15) is 0 Å². The zero-order valence-corrected chi connectivity index (χ0v) is 14.6. The molecular weight excluding hydrogens is 316 g/mol. The molecule has 0 unspecified atom stereocenters. The molecule has 4 nitrogen and oxygen atoms in total. The van der Waals surface area contributed by atoms with E-state index in [2.05, 4.69) is 52.5 Å². The summed E-state index contributed by atoms with van der Waals surface area (Å²) in [6.07, 6.45) is 1.84. The first-order valence-electron chi connectivity index (χ1n) is 7.93. The number of anilines is 1. The highest BCUT2D eigenvalue weighted by Gasteiger charge is 2.10. The summed E-state index contributed by atoms with van der Waals surface area (Å²) in [7, 11) is 0. The van der Waals surface area contributed by atoms with Crippen molar-refractivity contribution < 1.29 is 0 Å². The van der Waals surface area contributed by atoms with Gasteiger partial charge in [-0.05, 0) is 44.3 Å². The normalized spacial score (nSPS) is 11.1. The lowest BCUT2D eigenvalue weighted by molar-refractivity contribution is 0.769. The molecule has 0 aliphatic heterocycles. The number of benzene rings is 2. The van der Waals surface area contributed by atoms with Gasteiger partial charge in [0.1, 0.15) is 0 Å². The smallest absolute Gasteiger partial charge is 0.191 e. The molecule has 0 spiro atoms. The number of para-hydroxylation sites is 2. The molecule has 0 fully saturated rings. The first kappa shape index (κ1) is 16.2. The lowest BCUT2D eigenvalue weighted by Gasteiger charge is -2.06. The Labute approximate surface area is 147 Å². The third-order valence-corrected chi connectivity index (χ3v) is 4.18. The van der Waals surface area contributed by atoms with Gasteiger partial charge in [-0.15, -0.1) is 0 Å². The molecule has 0 saturated heterocycles. The van der Waals surface area contributed by atoms with Crippen LogP contribution < -0.4 is 10.7 Å². The van der Waals surface area contributed by atoms with Crippen LogP contribution in [0.15, 0.2) is 59.7 Å². The molecule has 0 atom stereocenters. The third kappa shape index (κ3) is 3.31. The maximum Gasteiger partial charge on any atom is 0.191 e. The minimum absolute atomic E-state index is 0.467. The van der Waals surface area contributed by atoms with Gasteiger partial charge in [-0.3, -0.25) is 5.43 Å². The van der Waals surface area contributed by atoms with Gasteiger partial charge in [-0.2, -0.15) is 5.10 Å². The van der Waals surface area contributed by atoms with Crippen molar-refractivity contribution in [2.24, 2.45) is 5.10 Å². The average molecular weight is 336 g/mol. The van der Waals surface area contributed by atoms with Crippen LogP contribution in [0, 0.1) is 6.92 Å². The molecule has 3 aromatic rings. The predicted octanol–water partition coefficient (Wildman–Crippen LogP) is 4.29. The predicted molar refractivity (Wildman–Crippen MR) is 106 cm³/mol. The maximum atomic E-state index is 5.27. The number of hydrogen-bond donors (Lipinski definition) is 2. The molecule has 0 saturated carbocycles. The summed E-state index contributed by atoms with van der Waals surface area (Å²) in [6.45, 7) is 5.20. The van der Waals surface area contributed by atoms with Crippen LogP contribution in [0.2, 0.25) is 0 Å². The average Bonchev–Trinajstić information content (AvgIpc) is 2.87. The van der Waals surface area contributed by atoms with E-state index in [0.29, 0.717) is 5.11 Å². The third-order valence-electron chi connectivity index (χ3n) is 3.99. The SMILES string of the molecule is CCn1c(C)c(/C=N/NC(=S)Nc2ccccc2)c2ccccc21. The molecule has 0 bridgehead atoms. The largest absolute Gasteiger partial charge is 0.344 e. The molecule has 3 rings (SSSR count). The molecule has 5 heteroatoms. The Kier molecular flexibility index (Phi) is 4.91. The van der Waals surface area contributed by atoms with Crippen LogP contribution in [0.5, 0.6) is 0 Å². The molecule has 24 heavy (non-hydrogen) atoms. The van der Waals surface area contributed by atoms with Gasteiger partial charge in [-0.1, -0.05) is 36.4 Å². The highest BCUT2D eigenvalue weighted by Crippen LogP contribution is 2.24. The topological polar surface area (TPSA) is 41.4 Å². The van der Waals surface area contributed by atoms with Gasteiger partial charge in [0.05, 0.1) is 6.21 Å². The number of fused-ring (bicyclic) bond motifs is 1. The van der Waals surface area contributed by atoms with Gasteiger partial charge in [0.25, 0.3) is 0 Å². The summed E-state index contributed by atoms with van der Waals surface area (Å²) < 4.78 is 2.29. The number of hydrazone groups is 1. The Bertz CT molecular complexity index is 881. The van der Waals surface area contributed by atoms with E-state index in [1.165, 1.54) is 16.6 Å².